The summed E-state index contributed by atoms with van der Waals surface area (Å²) < 4.78 is 7.04. The summed E-state index contributed by atoms with van der Waals surface area (Å²) in [6.07, 6.45) is 3.15. The Balaban J connectivity index is 2.41. The first kappa shape index (κ1) is 10.6. The Hall–Kier alpha value is -1.88. The molecule has 0 radical (unpaired) electrons. The first-order valence-corrected chi connectivity index (χ1v) is 5.04. The maximum absolute atomic E-state index is 5.78. The summed E-state index contributed by atoms with van der Waals surface area (Å²) in [6, 6.07) is 7.74. The molecule has 2 rings (SSSR count). The van der Waals surface area contributed by atoms with Crippen molar-refractivity contribution in [3.8, 4) is 5.75 Å². The van der Waals surface area contributed by atoms with E-state index in [1.807, 2.05) is 24.3 Å². The summed E-state index contributed by atoms with van der Waals surface area (Å²) in [4.78, 5) is 3.93. The highest BCUT2D eigenvalue weighted by Gasteiger charge is 2.16. The zero-order valence-corrected chi connectivity index (χ0v) is 9.08. The number of nitrogens with zero attached hydrogens (tertiary/aromatic N) is 3. The second-order valence-electron chi connectivity index (χ2n) is 3.37. The fourth-order valence-corrected chi connectivity index (χ4v) is 1.70. The summed E-state index contributed by atoms with van der Waals surface area (Å²) in [6.45, 7) is 0.448. The SMILES string of the molecule is COc1ccccc1C(CN)n1cncn1. The van der Waals surface area contributed by atoms with E-state index in [-0.39, 0.29) is 6.04 Å². The number of rotatable bonds is 4. The Morgan fingerprint density at radius 1 is 1.44 bits per heavy atom. The number of para-hydroxylation sites is 1. The van der Waals surface area contributed by atoms with Crippen LogP contribution in [0.3, 0.4) is 0 Å². The van der Waals surface area contributed by atoms with Gasteiger partial charge < -0.3 is 10.5 Å². The van der Waals surface area contributed by atoms with Crippen molar-refractivity contribution in [2.24, 2.45) is 5.73 Å². The lowest BCUT2D eigenvalue weighted by atomic mass is 10.1. The maximum atomic E-state index is 5.78. The summed E-state index contributed by atoms with van der Waals surface area (Å²) in [5, 5.41) is 4.11. The molecule has 0 saturated carbocycles. The van der Waals surface area contributed by atoms with E-state index in [9.17, 15) is 0 Å². The lowest BCUT2D eigenvalue weighted by molar-refractivity contribution is 0.398. The second-order valence-corrected chi connectivity index (χ2v) is 3.37. The minimum atomic E-state index is -0.0429. The van der Waals surface area contributed by atoms with Crippen LogP contribution >= 0.6 is 0 Å². The fraction of sp³-hybridized carbons (Fsp3) is 0.273. The van der Waals surface area contributed by atoms with Crippen molar-refractivity contribution in [1.29, 1.82) is 0 Å². The van der Waals surface area contributed by atoms with Gasteiger partial charge in [0.05, 0.1) is 13.2 Å². The predicted molar refractivity (Wildman–Crippen MR) is 60.2 cm³/mol. The van der Waals surface area contributed by atoms with E-state index in [2.05, 4.69) is 10.1 Å². The monoisotopic (exact) mass is 218 g/mol. The zero-order chi connectivity index (χ0) is 11.4. The molecule has 5 nitrogen and oxygen atoms in total. The topological polar surface area (TPSA) is 66.0 Å². The average Bonchev–Trinajstić information content (AvgIpc) is 2.84. The van der Waals surface area contributed by atoms with Crippen molar-refractivity contribution in [2.75, 3.05) is 13.7 Å². The fourth-order valence-electron chi connectivity index (χ4n) is 1.70. The van der Waals surface area contributed by atoms with E-state index in [1.165, 1.54) is 6.33 Å². The molecule has 16 heavy (non-hydrogen) atoms. The molecule has 2 N–H and O–H groups in total. The summed E-state index contributed by atoms with van der Waals surface area (Å²) in [7, 11) is 1.65. The molecule has 5 heteroatoms. The highest BCUT2D eigenvalue weighted by atomic mass is 16.5. The lowest BCUT2D eigenvalue weighted by Gasteiger charge is -2.17. The van der Waals surface area contributed by atoms with Crippen LogP contribution in [-0.2, 0) is 0 Å². The van der Waals surface area contributed by atoms with Crippen molar-refractivity contribution in [3.63, 3.8) is 0 Å². The first-order valence-electron chi connectivity index (χ1n) is 5.04. The third kappa shape index (κ3) is 1.90. The summed E-state index contributed by atoms with van der Waals surface area (Å²) in [5.74, 6) is 0.813. The molecular formula is C11H14N4O. The second kappa shape index (κ2) is 4.76. The third-order valence-electron chi connectivity index (χ3n) is 2.48. The van der Waals surface area contributed by atoms with E-state index in [0.717, 1.165) is 11.3 Å². The molecule has 1 heterocycles. The van der Waals surface area contributed by atoms with Crippen LogP contribution in [0.25, 0.3) is 0 Å². The Kier molecular flexibility index (Phi) is 3.16. The largest absolute Gasteiger partial charge is 0.496 e. The van der Waals surface area contributed by atoms with Crippen LogP contribution in [-0.4, -0.2) is 28.4 Å². The Morgan fingerprint density at radius 2 is 2.25 bits per heavy atom. The Morgan fingerprint density at radius 3 is 2.88 bits per heavy atom. The highest BCUT2D eigenvalue weighted by Crippen LogP contribution is 2.26. The predicted octanol–water partition coefficient (Wildman–Crippen LogP) is 0.835. The minimum Gasteiger partial charge on any atom is -0.496 e. The van der Waals surface area contributed by atoms with Crippen molar-refractivity contribution in [1.82, 2.24) is 14.8 Å². The van der Waals surface area contributed by atoms with Gasteiger partial charge in [0.2, 0.25) is 0 Å². The van der Waals surface area contributed by atoms with E-state index in [1.54, 1.807) is 18.1 Å². The minimum absolute atomic E-state index is 0.0429. The smallest absolute Gasteiger partial charge is 0.137 e. The van der Waals surface area contributed by atoms with Gasteiger partial charge in [0.25, 0.3) is 0 Å². The van der Waals surface area contributed by atoms with Gasteiger partial charge in [0.15, 0.2) is 0 Å². The molecule has 84 valence electrons. The molecule has 0 fully saturated rings. The Bertz CT molecular complexity index is 441. The maximum Gasteiger partial charge on any atom is 0.137 e. The van der Waals surface area contributed by atoms with Crippen molar-refractivity contribution in [2.45, 2.75) is 6.04 Å². The van der Waals surface area contributed by atoms with Crippen LogP contribution in [0.1, 0.15) is 11.6 Å². The number of aromatic nitrogens is 3. The number of hydrogen-bond donors (Lipinski definition) is 1. The average molecular weight is 218 g/mol. The number of hydrogen-bond acceptors (Lipinski definition) is 4. The van der Waals surface area contributed by atoms with Gasteiger partial charge >= 0.3 is 0 Å². The van der Waals surface area contributed by atoms with Gasteiger partial charge in [0, 0.05) is 12.1 Å². The van der Waals surface area contributed by atoms with Crippen molar-refractivity contribution >= 4 is 0 Å². The van der Waals surface area contributed by atoms with Gasteiger partial charge in [-0.05, 0) is 6.07 Å². The van der Waals surface area contributed by atoms with Crippen LogP contribution in [0.15, 0.2) is 36.9 Å². The molecule has 1 unspecified atom stereocenters. The van der Waals surface area contributed by atoms with E-state index in [4.69, 9.17) is 10.5 Å². The van der Waals surface area contributed by atoms with Crippen LogP contribution in [0, 0.1) is 0 Å². The van der Waals surface area contributed by atoms with Gasteiger partial charge in [-0.3, -0.25) is 0 Å². The number of benzene rings is 1. The van der Waals surface area contributed by atoms with Gasteiger partial charge in [-0.2, -0.15) is 5.10 Å². The standard InChI is InChI=1S/C11H14N4O/c1-16-11-5-3-2-4-9(11)10(6-12)15-8-13-7-14-15/h2-5,7-8,10H,6,12H2,1H3. The molecule has 0 aliphatic rings. The number of nitrogens with two attached hydrogens (primary N) is 1. The number of ether oxygens (including phenoxy) is 1. The van der Waals surface area contributed by atoms with E-state index >= 15 is 0 Å². The number of methoxy groups -OCH3 is 1. The van der Waals surface area contributed by atoms with Crippen LogP contribution in [0.2, 0.25) is 0 Å². The molecule has 0 aliphatic carbocycles. The highest BCUT2D eigenvalue weighted by molar-refractivity contribution is 5.36. The summed E-state index contributed by atoms with van der Waals surface area (Å²) >= 11 is 0. The molecule has 1 atom stereocenters. The normalized spacial score (nSPS) is 12.4. The van der Waals surface area contributed by atoms with Crippen molar-refractivity contribution < 1.29 is 4.74 Å². The van der Waals surface area contributed by atoms with E-state index in [0.29, 0.717) is 6.54 Å². The lowest BCUT2D eigenvalue weighted by Crippen LogP contribution is -2.21. The van der Waals surface area contributed by atoms with Crippen LogP contribution in [0.4, 0.5) is 0 Å². The van der Waals surface area contributed by atoms with Gasteiger partial charge in [0.1, 0.15) is 18.4 Å². The first-order chi connectivity index (χ1) is 7.86. The third-order valence-corrected chi connectivity index (χ3v) is 2.48. The molecule has 0 bridgehead atoms. The van der Waals surface area contributed by atoms with Gasteiger partial charge in [-0.15, -0.1) is 0 Å². The molecule has 1 aromatic heterocycles. The Labute approximate surface area is 93.9 Å². The van der Waals surface area contributed by atoms with Gasteiger partial charge in [-0.1, -0.05) is 18.2 Å². The van der Waals surface area contributed by atoms with Crippen LogP contribution < -0.4 is 10.5 Å². The van der Waals surface area contributed by atoms with Crippen molar-refractivity contribution in [3.05, 3.63) is 42.5 Å². The molecule has 2 aromatic rings. The van der Waals surface area contributed by atoms with E-state index < -0.39 is 0 Å². The molecule has 0 aliphatic heterocycles. The molecule has 0 amide bonds. The zero-order valence-electron chi connectivity index (χ0n) is 9.08. The molecular weight excluding hydrogens is 204 g/mol. The molecule has 0 saturated heterocycles. The summed E-state index contributed by atoms with van der Waals surface area (Å²) in [5.41, 5.74) is 6.79. The van der Waals surface area contributed by atoms with Gasteiger partial charge in [-0.25, -0.2) is 9.67 Å². The molecule has 0 spiro atoms. The quantitative estimate of drug-likeness (QED) is 0.825. The van der Waals surface area contributed by atoms with Crippen LogP contribution in [0.5, 0.6) is 5.75 Å². The molecule has 1 aromatic carbocycles.